The molecule has 0 aromatic heterocycles. The average Bonchev–Trinajstić information content (AvgIpc) is 3.02. The zero-order valence-electron chi connectivity index (χ0n) is 14.7. The molecule has 1 aromatic rings. The van der Waals surface area contributed by atoms with Crippen molar-refractivity contribution in [2.24, 2.45) is 0 Å². The van der Waals surface area contributed by atoms with Crippen molar-refractivity contribution >= 4 is 24.3 Å². The summed E-state index contributed by atoms with van der Waals surface area (Å²) >= 11 is 0. The van der Waals surface area contributed by atoms with Crippen LogP contribution in [-0.4, -0.2) is 41.0 Å². The molecule has 1 aliphatic carbocycles. The van der Waals surface area contributed by atoms with E-state index in [9.17, 15) is 14.7 Å². The molecule has 2 aliphatic rings. The summed E-state index contributed by atoms with van der Waals surface area (Å²) in [7, 11) is 0. The minimum Gasteiger partial charge on any atom is -0.480 e. The molecule has 0 radical (unpaired) electrons. The summed E-state index contributed by atoms with van der Waals surface area (Å²) in [4.78, 5) is 25.3. The predicted octanol–water partition coefficient (Wildman–Crippen LogP) is 2.71. The number of amides is 1. The Balaban J connectivity index is 0.00000225. The number of carbonyl (C=O) groups is 2. The van der Waals surface area contributed by atoms with Crippen LogP contribution in [0.15, 0.2) is 18.2 Å². The number of rotatable bonds is 5. The largest absolute Gasteiger partial charge is 0.480 e. The summed E-state index contributed by atoms with van der Waals surface area (Å²) in [6.07, 6.45) is 6.25. The number of fused-ring (bicyclic) bond motifs is 1. The maximum absolute atomic E-state index is 12.3. The Morgan fingerprint density at radius 2 is 1.96 bits per heavy atom. The van der Waals surface area contributed by atoms with Crippen LogP contribution in [0.1, 0.15) is 55.3 Å². The van der Waals surface area contributed by atoms with Gasteiger partial charge in [-0.1, -0.05) is 18.2 Å². The minimum absolute atomic E-state index is 0. The van der Waals surface area contributed by atoms with Gasteiger partial charge in [-0.15, -0.1) is 12.4 Å². The van der Waals surface area contributed by atoms with Crippen molar-refractivity contribution in [1.82, 2.24) is 10.2 Å². The number of benzene rings is 1. The van der Waals surface area contributed by atoms with E-state index >= 15 is 0 Å². The lowest BCUT2D eigenvalue weighted by molar-refractivity contribution is -0.142. The third-order valence-corrected chi connectivity index (χ3v) is 5.25. The van der Waals surface area contributed by atoms with Gasteiger partial charge in [0.05, 0.1) is 12.6 Å². The van der Waals surface area contributed by atoms with E-state index < -0.39 is 12.0 Å². The van der Waals surface area contributed by atoms with Gasteiger partial charge in [-0.2, -0.15) is 0 Å². The molecular formula is C19H27ClN2O3. The zero-order valence-corrected chi connectivity index (χ0v) is 15.5. The molecule has 1 amide bonds. The van der Waals surface area contributed by atoms with E-state index in [2.05, 4.69) is 23.5 Å². The Morgan fingerprint density at radius 1 is 1.24 bits per heavy atom. The monoisotopic (exact) mass is 366 g/mol. The summed E-state index contributed by atoms with van der Waals surface area (Å²) in [6, 6.07) is 5.93. The second-order valence-electron chi connectivity index (χ2n) is 6.99. The number of carboxylic acids is 1. The van der Waals surface area contributed by atoms with E-state index in [1.54, 1.807) is 4.90 Å². The molecule has 1 aliphatic heterocycles. The molecule has 1 aromatic carbocycles. The second-order valence-corrected chi connectivity index (χ2v) is 6.99. The molecule has 1 unspecified atom stereocenters. The van der Waals surface area contributed by atoms with Gasteiger partial charge in [0, 0.05) is 0 Å². The summed E-state index contributed by atoms with van der Waals surface area (Å²) in [5.74, 6) is -0.934. The van der Waals surface area contributed by atoms with E-state index in [-0.39, 0.29) is 30.9 Å². The molecule has 138 valence electrons. The zero-order chi connectivity index (χ0) is 17.1. The lowest BCUT2D eigenvalue weighted by atomic mass is 9.89. The number of aliphatic carboxylic acids is 1. The van der Waals surface area contributed by atoms with Crippen LogP contribution in [-0.2, 0) is 22.4 Å². The van der Waals surface area contributed by atoms with Crippen molar-refractivity contribution < 1.29 is 14.7 Å². The number of hydrogen-bond donors (Lipinski definition) is 2. The van der Waals surface area contributed by atoms with Crippen LogP contribution in [0.3, 0.4) is 0 Å². The molecule has 1 fully saturated rings. The molecule has 1 saturated heterocycles. The predicted molar refractivity (Wildman–Crippen MR) is 99.1 cm³/mol. The molecule has 2 N–H and O–H groups in total. The fourth-order valence-corrected chi connectivity index (χ4v) is 3.87. The van der Waals surface area contributed by atoms with Crippen LogP contribution in [0.4, 0.5) is 0 Å². The molecule has 1 heterocycles. The topological polar surface area (TPSA) is 69.6 Å². The fourth-order valence-electron chi connectivity index (χ4n) is 3.87. The summed E-state index contributed by atoms with van der Waals surface area (Å²) in [5, 5.41) is 12.2. The number of carboxylic acid groups (broad SMARTS) is 1. The van der Waals surface area contributed by atoms with Gasteiger partial charge in [0.25, 0.3) is 0 Å². The Labute approximate surface area is 155 Å². The first-order valence-corrected chi connectivity index (χ1v) is 8.92. The lowest BCUT2D eigenvalue weighted by Gasteiger charge is -2.23. The SMILES string of the molecule is CC(NC(=O)CN1CCC[C@@H]1C(=O)O)c1ccc2c(c1)CCCC2.Cl. The van der Waals surface area contributed by atoms with E-state index in [4.69, 9.17) is 0 Å². The molecular weight excluding hydrogens is 340 g/mol. The van der Waals surface area contributed by atoms with Crippen LogP contribution >= 0.6 is 12.4 Å². The van der Waals surface area contributed by atoms with Crippen molar-refractivity contribution in [2.45, 2.75) is 57.5 Å². The molecule has 6 heteroatoms. The molecule has 0 bridgehead atoms. The standard InChI is InChI=1S/C19H26N2O3.ClH/c1-13(15-9-8-14-5-2-3-6-16(14)11-15)20-18(22)12-21-10-4-7-17(21)19(23)24;/h8-9,11,13,17H,2-7,10,12H2,1H3,(H,20,22)(H,23,24);1H/t13?,17-;/m1./s1. The third kappa shape index (κ3) is 4.73. The Morgan fingerprint density at radius 3 is 2.68 bits per heavy atom. The fraction of sp³-hybridized carbons (Fsp3) is 0.579. The number of nitrogens with one attached hydrogen (secondary N) is 1. The van der Waals surface area contributed by atoms with E-state index in [1.165, 1.54) is 24.0 Å². The van der Waals surface area contributed by atoms with Gasteiger partial charge in [-0.3, -0.25) is 14.5 Å². The van der Waals surface area contributed by atoms with Gasteiger partial charge < -0.3 is 10.4 Å². The maximum Gasteiger partial charge on any atom is 0.320 e. The van der Waals surface area contributed by atoms with Crippen molar-refractivity contribution in [3.05, 3.63) is 34.9 Å². The molecule has 0 spiro atoms. The number of carbonyl (C=O) groups excluding carboxylic acids is 1. The highest BCUT2D eigenvalue weighted by Crippen LogP contribution is 2.25. The first kappa shape index (κ1) is 19.7. The molecule has 0 saturated carbocycles. The van der Waals surface area contributed by atoms with Gasteiger partial charge >= 0.3 is 5.97 Å². The van der Waals surface area contributed by atoms with Gasteiger partial charge in [0.1, 0.15) is 6.04 Å². The summed E-state index contributed by atoms with van der Waals surface area (Å²) < 4.78 is 0. The van der Waals surface area contributed by atoms with Crippen molar-refractivity contribution in [1.29, 1.82) is 0 Å². The highest BCUT2D eigenvalue weighted by Gasteiger charge is 2.31. The number of hydrogen-bond acceptors (Lipinski definition) is 3. The van der Waals surface area contributed by atoms with E-state index in [0.29, 0.717) is 13.0 Å². The Bertz CT molecular complexity index is 635. The van der Waals surface area contributed by atoms with Crippen LogP contribution in [0.25, 0.3) is 0 Å². The number of aryl methyl sites for hydroxylation is 2. The third-order valence-electron chi connectivity index (χ3n) is 5.25. The number of nitrogens with zero attached hydrogens (tertiary/aromatic N) is 1. The smallest absolute Gasteiger partial charge is 0.320 e. The van der Waals surface area contributed by atoms with Crippen LogP contribution in [0.5, 0.6) is 0 Å². The van der Waals surface area contributed by atoms with Crippen LogP contribution in [0.2, 0.25) is 0 Å². The van der Waals surface area contributed by atoms with Crippen molar-refractivity contribution in [2.75, 3.05) is 13.1 Å². The maximum atomic E-state index is 12.3. The molecule has 25 heavy (non-hydrogen) atoms. The van der Waals surface area contributed by atoms with Crippen molar-refractivity contribution in [3.63, 3.8) is 0 Å². The Kier molecular flexibility index (Phi) is 6.85. The number of halogens is 1. The second kappa shape index (κ2) is 8.68. The average molecular weight is 367 g/mol. The quantitative estimate of drug-likeness (QED) is 0.840. The Hall–Kier alpha value is -1.59. The first-order valence-electron chi connectivity index (χ1n) is 8.92. The van der Waals surface area contributed by atoms with Gasteiger partial charge in [0.15, 0.2) is 0 Å². The highest BCUT2D eigenvalue weighted by molar-refractivity contribution is 5.85. The van der Waals surface area contributed by atoms with Crippen LogP contribution in [0, 0.1) is 0 Å². The van der Waals surface area contributed by atoms with Crippen molar-refractivity contribution in [3.8, 4) is 0 Å². The number of likely N-dealkylation sites (tertiary alicyclic amines) is 1. The summed E-state index contributed by atoms with van der Waals surface area (Å²) in [6.45, 7) is 2.82. The highest BCUT2D eigenvalue weighted by atomic mass is 35.5. The van der Waals surface area contributed by atoms with Gasteiger partial charge in [-0.05, 0) is 68.7 Å². The minimum atomic E-state index is -0.831. The van der Waals surface area contributed by atoms with Gasteiger partial charge in [0.2, 0.25) is 5.91 Å². The summed E-state index contributed by atoms with van der Waals surface area (Å²) in [5.41, 5.74) is 3.97. The van der Waals surface area contributed by atoms with E-state index in [1.807, 2.05) is 6.92 Å². The van der Waals surface area contributed by atoms with Gasteiger partial charge in [-0.25, -0.2) is 0 Å². The molecule has 5 nitrogen and oxygen atoms in total. The normalized spacial score (nSPS) is 21.1. The first-order chi connectivity index (χ1) is 11.5. The lowest BCUT2D eigenvalue weighted by Crippen LogP contribution is -2.43. The van der Waals surface area contributed by atoms with E-state index in [0.717, 1.165) is 24.8 Å². The molecule has 2 atom stereocenters. The molecule has 3 rings (SSSR count). The van der Waals surface area contributed by atoms with Crippen LogP contribution < -0.4 is 5.32 Å².